The molecule has 2 aliphatic rings. The van der Waals surface area contributed by atoms with Gasteiger partial charge in [0.2, 0.25) is 5.91 Å². The molecule has 0 saturated carbocycles. The van der Waals surface area contributed by atoms with E-state index < -0.39 is 29.4 Å². The van der Waals surface area contributed by atoms with Crippen LogP contribution in [0.4, 0.5) is 14.9 Å². The van der Waals surface area contributed by atoms with Gasteiger partial charge in [0.15, 0.2) is 6.61 Å². The molecule has 4 amide bonds. The van der Waals surface area contributed by atoms with Crippen LogP contribution in [0, 0.1) is 5.82 Å². The number of carbonyl (C=O) groups is 4. The highest BCUT2D eigenvalue weighted by molar-refractivity contribution is 8.18. The van der Waals surface area contributed by atoms with E-state index in [4.69, 9.17) is 9.47 Å². The fourth-order valence-electron chi connectivity index (χ4n) is 3.39. The van der Waals surface area contributed by atoms with Crippen LogP contribution in [0.1, 0.15) is 5.56 Å². The summed E-state index contributed by atoms with van der Waals surface area (Å²) < 4.78 is 24.5. The minimum absolute atomic E-state index is 0.0334. The van der Waals surface area contributed by atoms with Crippen molar-refractivity contribution in [3.05, 3.63) is 64.8 Å². The lowest BCUT2D eigenvalue weighted by molar-refractivity contribution is -0.137. The van der Waals surface area contributed by atoms with E-state index >= 15 is 0 Å². The van der Waals surface area contributed by atoms with Gasteiger partial charge in [-0.1, -0.05) is 24.3 Å². The molecule has 9 nitrogen and oxygen atoms in total. The van der Waals surface area contributed by atoms with Crippen molar-refractivity contribution in [1.82, 2.24) is 9.80 Å². The van der Waals surface area contributed by atoms with Crippen LogP contribution in [-0.2, 0) is 19.1 Å². The highest BCUT2D eigenvalue weighted by atomic mass is 32.2. The first kappa shape index (κ1) is 24.4. The number of morpholine rings is 1. The third-order valence-electron chi connectivity index (χ3n) is 5.23. The summed E-state index contributed by atoms with van der Waals surface area (Å²) in [7, 11) is 0. The highest BCUT2D eigenvalue weighted by Gasteiger charge is 2.36. The Hall–Kier alpha value is -3.70. The van der Waals surface area contributed by atoms with Crippen LogP contribution in [0.2, 0.25) is 0 Å². The van der Waals surface area contributed by atoms with Gasteiger partial charge in [-0.3, -0.25) is 24.1 Å². The summed E-state index contributed by atoms with van der Waals surface area (Å²) in [5.74, 6) is -1.55. The lowest BCUT2D eigenvalue weighted by Crippen LogP contribution is -2.42. The molecule has 182 valence electrons. The third kappa shape index (κ3) is 6.25. The Labute approximate surface area is 204 Å². The van der Waals surface area contributed by atoms with Gasteiger partial charge in [0.1, 0.15) is 18.1 Å². The average Bonchev–Trinajstić information content (AvgIpc) is 3.12. The summed E-state index contributed by atoms with van der Waals surface area (Å²) in [6, 6.07) is 12.3. The molecule has 2 aromatic carbocycles. The van der Waals surface area contributed by atoms with Gasteiger partial charge in [0.25, 0.3) is 17.1 Å². The van der Waals surface area contributed by atoms with Crippen LogP contribution in [0.3, 0.4) is 0 Å². The second kappa shape index (κ2) is 11.2. The molecule has 0 spiro atoms. The van der Waals surface area contributed by atoms with Gasteiger partial charge in [-0.15, -0.1) is 0 Å². The van der Waals surface area contributed by atoms with Crippen LogP contribution < -0.4 is 10.1 Å². The van der Waals surface area contributed by atoms with Crippen molar-refractivity contribution in [3.63, 3.8) is 0 Å². The number of halogens is 1. The topological polar surface area (TPSA) is 105 Å². The van der Waals surface area contributed by atoms with E-state index in [0.717, 1.165) is 4.90 Å². The highest BCUT2D eigenvalue weighted by Crippen LogP contribution is 2.32. The number of benzene rings is 2. The number of amides is 4. The first-order chi connectivity index (χ1) is 16.9. The number of para-hydroxylation sites is 1. The van der Waals surface area contributed by atoms with Gasteiger partial charge >= 0.3 is 0 Å². The van der Waals surface area contributed by atoms with Crippen molar-refractivity contribution >= 4 is 46.5 Å². The maximum absolute atomic E-state index is 13.7. The molecular weight excluding hydrogens is 477 g/mol. The van der Waals surface area contributed by atoms with Crippen molar-refractivity contribution in [3.8, 4) is 5.75 Å². The largest absolute Gasteiger partial charge is 0.484 e. The van der Waals surface area contributed by atoms with Crippen molar-refractivity contribution in [2.24, 2.45) is 0 Å². The number of nitrogens with one attached hydrogen (secondary N) is 1. The fourth-order valence-corrected chi connectivity index (χ4v) is 4.23. The Balaban J connectivity index is 1.32. The Morgan fingerprint density at radius 1 is 1.09 bits per heavy atom. The molecule has 4 rings (SSSR count). The van der Waals surface area contributed by atoms with E-state index in [0.29, 0.717) is 49.4 Å². The first-order valence-electron chi connectivity index (χ1n) is 10.8. The Kier molecular flexibility index (Phi) is 7.78. The van der Waals surface area contributed by atoms with Crippen molar-refractivity contribution in [2.75, 3.05) is 44.8 Å². The number of ether oxygens (including phenoxy) is 2. The van der Waals surface area contributed by atoms with E-state index in [1.807, 2.05) is 0 Å². The SMILES string of the molecule is O=C(CN1C(=O)S/C(=C\c2ccc(OCC(=O)N3CCOCC3)cc2)C1=O)Nc1ccccc1F. The summed E-state index contributed by atoms with van der Waals surface area (Å²) in [5.41, 5.74) is 0.604. The zero-order chi connectivity index (χ0) is 24.8. The molecule has 0 aliphatic carbocycles. The predicted molar refractivity (Wildman–Crippen MR) is 127 cm³/mol. The van der Waals surface area contributed by atoms with Gasteiger partial charge in [0, 0.05) is 13.1 Å². The van der Waals surface area contributed by atoms with E-state index in [-0.39, 0.29) is 23.1 Å². The lowest BCUT2D eigenvalue weighted by atomic mass is 10.2. The van der Waals surface area contributed by atoms with Gasteiger partial charge in [-0.2, -0.15) is 0 Å². The van der Waals surface area contributed by atoms with Gasteiger partial charge in [-0.05, 0) is 47.7 Å². The Morgan fingerprint density at radius 3 is 2.51 bits per heavy atom. The molecule has 0 aromatic heterocycles. The molecule has 11 heteroatoms. The fraction of sp³-hybridized carbons (Fsp3) is 0.250. The van der Waals surface area contributed by atoms with Crippen LogP contribution >= 0.6 is 11.8 Å². The Bertz CT molecular complexity index is 1160. The molecule has 0 radical (unpaired) electrons. The molecule has 2 aromatic rings. The molecule has 35 heavy (non-hydrogen) atoms. The smallest absolute Gasteiger partial charge is 0.294 e. The molecule has 2 fully saturated rings. The van der Waals surface area contributed by atoms with Crippen LogP contribution in [0.25, 0.3) is 6.08 Å². The van der Waals surface area contributed by atoms with Crippen molar-refractivity contribution in [2.45, 2.75) is 0 Å². The number of hydrogen-bond donors (Lipinski definition) is 1. The quantitative estimate of drug-likeness (QED) is 0.584. The molecule has 0 unspecified atom stereocenters. The van der Waals surface area contributed by atoms with E-state index in [1.54, 1.807) is 35.2 Å². The summed E-state index contributed by atoms with van der Waals surface area (Å²) in [5, 5.41) is 1.76. The number of carbonyl (C=O) groups excluding carboxylic acids is 4. The molecular formula is C24H22FN3O6S. The van der Waals surface area contributed by atoms with E-state index in [1.165, 1.54) is 24.3 Å². The minimum atomic E-state index is -0.688. The maximum Gasteiger partial charge on any atom is 0.294 e. The zero-order valence-electron chi connectivity index (χ0n) is 18.6. The predicted octanol–water partition coefficient (Wildman–Crippen LogP) is 2.74. The molecule has 2 heterocycles. The number of rotatable bonds is 7. The van der Waals surface area contributed by atoms with Gasteiger partial charge in [-0.25, -0.2) is 4.39 Å². The summed E-state index contributed by atoms with van der Waals surface area (Å²) in [4.78, 5) is 52.0. The monoisotopic (exact) mass is 499 g/mol. The number of nitrogens with zero attached hydrogens (tertiary/aromatic N) is 2. The minimum Gasteiger partial charge on any atom is -0.484 e. The summed E-state index contributed by atoms with van der Waals surface area (Å²) >= 11 is 0.715. The third-order valence-corrected chi connectivity index (χ3v) is 6.13. The van der Waals surface area contributed by atoms with Crippen molar-refractivity contribution < 1.29 is 33.0 Å². The lowest BCUT2D eigenvalue weighted by Gasteiger charge is -2.26. The standard InChI is InChI=1S/C24H22FN3O6S/c25-18-3-1-2-4-19(18)26-21(29)14-28-23(31)20(35-24(28)32)13-16-5-7-17(8-6-16)34-15-22(30)27-9-11-33-12-10-27/h1-8,13H,9-12,14-15H2,(H,26,29)/b20-13-. The zero-order valence-corrected chi connectivity index (χ0v) is 19.4. The molecule has 2 aliphatic heterocycles. The Morgan fingerprint density at radius 2 is 1.80 bits per heavy atom. The number of imide groups is 1. The van der Waals surface area contributed by atoms with Crippen LogP contribution in [0.15, 0.2) is 53.4 Å². The van der Waals surface area contributed by atoms with Gasteiger partial charge in [0.05, 0.1) is 23.8 Å². The number of hydrogen-bond acceptors (Lipinski definition) is 7. The normalized spacial score (nSPS) is 17.1. The molecule has 0 bridgehead atoms. The molecule has 1 N–H and O–H groups in total. The summed E-state index contributed by atoms with van der Waals surface area (Å²) in [6.07, 6.45) is 1.53. The second-order valence-electron chi connectivity index (χ2n) is 7.65. The van der Waals surface area contributed by atoms with Crippen LogP contribution in [0.5, 0.6) is 5.75 Å². The van der Waals surface area contributed by atoms with E-state index in [2.05, 4.69) is 5.32 Å². The number of anilines is 1. The molecule has 2 saturated heterocycles. The average molecular weight is 500 g/mol. The van der Waals surface area contributed by atoms with Crippen molar-refractivity contribution in [1.29, 1.82) is 0 Å². The first-order valence-corrected chi connectivity index (χ1v) is 11.6. The second-order valence-corrected chi connectivity index (χ2v) is 8.64. The summed E-state index contributed by atoms with van der Waals surface area (Å²) in [6.45, 7) is 1.50. The number of thioether (sulfide) groups is 1. The maximum atomic E-state index is 13.7. The van der Waals surface area contributed by atoms with Crippen LogP contribution in [-0.4, -0.2) is 72.2 Å². The molecule has 0 atom stereocenters. The van der Waals surface area contributed by atoms with Gasteiger partial charge < -0.3 is 19.7 Å². The van der Waals surface area contributed by atoms with E-state index in [9.17, 15) is 23.6 Å².